The van der Waals surface area contributed by atoms with Crippen molar-refractivity contribution in [3.8, 4) is 5.75 Å². The van der Waals surface area contributed by atoms with Gasteiger partial charge in [-0.2, -0.15) is 0 Å². The Balaban J connectivity index is 2.02. The number of halogens is 1. The highest BCUT2D eigenvalue weighted by Gasteiger charge is 2.45. The lowest BCUT2D eigenvalue weighted by molar-refractivity contribution is 0.390. The molecule has 0 spiro atoms. The van der Waals surface area contributed by atoms with Gasteiger partial charge in [0, 0.05) is 11.6 Å². The Labute approximate surface area is 109 Å². The van der Waals surface area contributed by atoms with E-state index >= 15 is 0 Å². The first-order chi connectivity index (χ1) is 8.45. The third kappa shape index (κ3) is 2.66. The van der Waals surface area contributed by atoms with Gasteiger partial charge in [0.1, 0.15) is 11.6 Å². The van der Waals surface area contributed by atoms with E-state index in [4.69, 9.17) is 4.74 Å². The van der Waals surface area contributed by atoms with E-state index in [2.05, 4.69) is 19.2 Å². The Kier molecular flexibility index (Phi) is 3.62. The predicted octanol–water partition coefficient (Wildman–Crippen LogP) is 3.53. The minimum Gasteiger partial charge on any atom is -0.496 e. The Morgan fingerprint density at radius 1 is 1.50 bits per heavy atom. The molecule has 1 aliphatic rings. The molecule has 1 N–H and O–H groups in total. The molecule has 0 heterocycles. The maximum Gasteiger partial charge on any atom is 0.131 e. The number of hydrogen-bond donors (Lipinski definition) is 1. The van der Waals surface area contributed by atoms with Crippen LogP contribution in [0.15, 0.2) is 18.2 Å². The quantitative estimate of drug-likeness (QED) is 0.864. The minimum atomic E-state index is -0.204. The van der Waals surface area contributed by atoms with E-state index in [9.17, 15) is 4.39 Å². The Bertz CT molecular complexity index is 431. The van der Waals surface area contributed by atoms with Crippen LogP contribution in [0.2, 0.25) is 0 Å². The lowest BCUT2D eigenvalue weighted by atomic mass is 10.1. The fourth-order valence-corrected chi connectivity index (χ4v) is 2.46. The predicted molar refractivity (Wildman–Crippen MR) is 71.3 cm³/mol. The second-order valence-electron chi connectivity index (χ2n) is 5.88. The molecule has 1 fully saturated rings. The highest BCUT2D eigenvalue weighted by atomic mass is 19.1. The topological polar surface area (TPSA) is 21.3 Å². The molecular formula is C15H22FNO. The van der Waals surface area contributed by atoms with Crippen molar-refractivity contribution in [1.82, 2.24) is 5.32 Å². The van der Waals surface area contributed by atoms with Crippen molar-refractivity contribution < 1.29 is 9.13 Å². The summed E-state index contributed by atoms with van der Waals surface area (Å²) in [6, 6.07) is 4.93. The van der Waals surface area contributed by atoms with Gasteiger partial charge in [0.25, 0.3) is 0 Å². The van der Waals surface area contributed by atoms with Gasteiger partial charge in [0.05, 0.1) is 7.11 Å². The molecule has 0 radical (unpaired) electrons. The molecule has 0 aromatic heterocycles. The lowest BCUT2D eigenvalue weighted by Crippen LogP contribution is -2.23. The average molecular weight is 251 g/mol. The summed E-state index contributed by atoms with van der Waals surface area (Å²) in [5.74, 6) is 1.12. The van der Waals surface area contributed by atoms with Crippen LogP contribution < -0.4 is 10.1 Å². The second-order valence-corrected chi connectivity index (χ2v) is 5.88. The average Bonchev–Trinajstić information content (AvgIpc) is 2.93. The summed E-state index contributed by atoms with van der Waals surface area (Å²) < 4.78 is 19.1. The zero-order valence-corrected chi connectivity index (χ0v) is 11.6. The summed E-state index contributed by atoms with van der Waals surface area (Å²) in [7, 11) is 1.58. The second kappa shape index (κ2) is 4.88. The third-order valence-corrected chi connectivity index (χ3v) is 4.05. The molecule has 1 aliphatic carbocycles. The zero-order chi connectivity index (χ0) is 13.3. The van der Waals surface area contributed by atoms with Crippen LogP contribution >= 0.6 is 0 Å². The first-order valence-corrected chi connectivity index (χ1v) is 6.51. The first kappa shape index (κ1) is 13.3. The van der Waals surface area contributed by atoms with Crippen LogP contribution in [0, 0.1) is 17.2 Å². The van der Waals surface area contributed by atoms with Crippen LogP contribution in [0.25, 0.3) is 0 Å². The maximum atomic E-state index is 13.9. The van der Waals surface area contributed by atoms with Gasteiger partial charge in [-0.25, -0.2) is 4.39 Å². The van der Waals surface area contributed by atoms with Gasteiger partial charge < -0.3 is 10.1 Å². The van der Waals surface area contributed by atoms with Crippen LogP contribution in [0.1, 0.15) is 38.8 Å². The maximum absolute atomic E-state index is 13.9. The van der Waals surface area contributed by atoms with Crippen molar-refractivity contribution >= 4 is 0 Å². The molecule has 1 aromatic carbocycles. The summed E-state index contributed by atoms with van der Waals surface area (Å²) in [4.78, 5) is 0. The van der Waals surface area contributed by atoms with Crippen molar-refractivity contribution in [2.45, 2.75) is 33.2 Å². The summed E-state index contributed by atoms with van der Waals surface area (Å²) in [6.45, 7) is 7.46. The van der Waals surface area contributed by atoms with E-state index in [1.165, 1.54) is 12.5 Å². The molecule has 0 amide bonds. The van der Waals surface area contributed by atoms with Crippen LogP contribution in [-0.4, -0.2) is 13.7 Å². The molecule has 0 aliphatic heterocycles. The normalized spacial score (nSPS) is 22.6. The van der Waals surface area contributed by atoms with Gasteiger partial charge in [-0.15, -0.1) is 0 Å². The first-order valence-electron chi connectivity index (χ1n) is 6.51. The molecule has 2 rings (SSSR count). The Hall–Kier alpha value is -1.09. The lowest BCUT2D eigenvalue weighted by Gasteiger charge is -2.18. The summed E-state index contributed by atoms with van der Waals surface area (Å²) in [6.07, 6.45) is 1.25. The summed E-state index contributed by atoms with van der Waals surface area (Å²) >= 11 is 0. The summed E-state index contributed by atoms with van der Waals surface area (Å²) in [5.41, 5.74) is 1.07. The van der Waals surface area contributed by atoms with E-state index in [0.29, 0.717) is 22.6 Å². The number of hydrogen-bond acceptors (Lipinski definition) is 2. The molecule has 0 saturated heterocycles. The van der Waals surface area contributed by atoms with Gasteiger partial charge in [-0.05, 0) is 43.4 Å². The van der Waals surface area contributed by atoms with Crippen molar-refractivity contribution in [2.75, 3.05) is 13.7 Å². The highest BCUT2D eigenvalue weighted by Crippen LogP contribution is 2.51. The van der Waals surface area contributed by atoms with E-state index in [0.717, 1.165) is 6.54 Å². The van der Waals surface area contributed by atoms with Gasteiger partial charge in [-0.1, -0.05) is 19.9 Å². The molecule has 2 unspecified atom stereocenters. The Morgan fingerprint density at radius 2 is 2.17 bits per heavy atom. The zero-order valence-electron chi connectivity index (χ0n) is 11.6. The van der Waals surface area contributed by atoms with Gasteiger partial charge >= 0.3 is 0 Å². The van der Waals surface area contributed by atoms with Crippen molar-refractivity contribution in [3.05, 3.63) is 29.6 Å². The van der Waals surface area contributed by atoms with Crippen LogP contribution in [0.4, 0.5) is 4.39 Å². The molecule has 2 atom stereocenters. The van der Waals surface area contributed by atoms with Crippen LogP contribution in [-0.2, 0) is 0 Å². The van der Waals surface area contributed by atoms with Crippen molar-refractivity contribution in [1.29, 1.82) is 0 Å². The molecular weight excluding hydrogens is 229 g/mol. The molecule has 100 valence electrons. The summed E-state index contributed by atoms with van der Waals surface area (Å²) in [5, 5.41) is 3.41. The van der Waals surface area contributed by atoms with E-state index in [1.54, 1.807) is 19.2 Å². The van der Waals surface area contributed by atoms with Gasteiger partial charge in [-0.3, -0.25) is 0 Å². The van der Waals surface area contributed by atoms with E-state index in [1.807, 2.05) is 6.92 Å². The molecule has 18 heavy (non-hydrogen) atoms. The van der Waals surface area contributed by atoms with Crippen LogP contribution in [0.5, 0.6) is 5.75 Å². The Morgan fingerprint density at radius 3 is 2.72 bits per heavy atom. The number of ether oxygens (including phenoxy) is 1. The number of methoxy groups -OCH3 is 1. The number of benzene rings is 1. The third-order valence-electron chi connectivity index (χ3n) is 4.05. The SMILES string of the molecule is COc1cccc(F)c1C(C)NCC1CC1(C)C. The largest absolute Gasteiger partial charge is 0.496 e. The van der Waals surface area contributed by atoms with E-state index < -0.39 is 0 Å². The fraction of sp³-hybridized carbons (Fsp3) is 0.600. The molecule has 1 aromatic rings. The highest BCUT2D eigenvalue weighted by molar-refractivity contribution is 5.36. The van der Waals surface area contributed by atoms with E-state index in [-0.39, 0.29) is 11.9 Å². The van der Waals surface area contributed by atoms with Crippen molar-refractivity contribution in [3.63, 3.8) is 0 Å². The van der Waals surface area contributed by atoms with Crippen LogP contribution in [0.3, 0.4) is 0 Å². The smallest absolute Gasteiger partial charge is 0.131 e. The molecule has 0 bridgehead atoms. The standard InChI is InChI=1S/C15H22FNO/c1-10(17-9-11-8-15(11,2)3)14-12(16)6-5-7-13(14)18-4/h5-7,10-11,17H,8-9H2,1-4H3. The van der Waals surface area contributed by atoms with Crippen molar-refractivity contribution in [2.24, 2.45) is 11.3 Å². The number of rotatable bonds is 5. The molecule has 2 nitrogen and oxygen atoms in total. The molecule has 1 saturated carbocycles. The molecule has 3 heteroatoms. The minimum absolute atomic E-state index is 0.0300. The fourth-order valence-electron chi connectivity index (χ4n) is 2.46. The number of nitrogens with one attached hydrogen (secondary N) is 1. The monoisotopic (exact) mass is 251 g/mol. The van der Waals surface area contributed by atoms with Gasteiger partial charge in [0.2, 0.25) is 0 Å². The van der Waals surface area contributed by atoms with Gasteiger partial charge in [0.15, 0.2) is 0 Å².